The predicted octanol–water partition coefficient (Wildman–Crippen LogP) is 18.8. The van der Waals surface area contributed by atoms with Crippen molar-refractivity contribution in [3.63, 3.8) is 0 Å². The van der Waals surface area contributed by atoms with E-state index in [-0.39, 0.29) is 0 Å². The molecule has 0 saturated heterocycles. The normalized spacial score (nSPS) is 12.6. The van der Waals surface area contributed by atoms with Crippen molar-refractivity contribution in [2.45, 2.75) is 5.41 Å². The van der Waals surface area contributed by atoms with E-state index in [0.29, 0.717) is 5.75 Å². The molecule has 0 bridgehead atoms. The van der Waals surface area contributed by atoms with Crippen molar-refractivity contribution in [1.29, 1.82) is 0 Å². The molecule has 0 atom stereocenters. The first-order valence-electron chi connectivity index (χ1n) is 24.9. The summed E-state index contributed by atoms with van der Waals surface area (Å²) in [5, 5.41) is 0.900. The zero-order chi connectivity index (χ0) is 48.3. The predicted molar refractivity (Wildman–Crippen MR) is 299 cm³/mol. The van der Waals surface area contributed by atoms with Gasteiger partial charge in [0.05, 0.1) is 5.39 Å². The van der Waals surface area contributed by atoms with Crippen LogP contribution in [0.3, 0.4) is 0 Å². The number of ether oxygens (including phenoxy) is 1. The van der Waals surface area contributed by atoms with Gasteiger partial charge in [0.25, 0.3) is 0 Å². The molecule has 0 unspecified atom stereocenters. The van der Waals surface area contributed by atoms with Crippen molar-refractivity contribution >= 4 is 45.1 Å². The second kappa shape index (κ2) is 17.3. The molecule has 0 radical (unpaired) electrons. The fourth-order valence-electron chi connectivity index (χ4n) is 11.4. The molecule has 0 fully saturated rings. The summed E-state index contributed by atoms with van der Waals surface area (Å²) < 4.78 is 14.7. The Morgan fingerprint density at radius 3 is 1.14 bits per heavy atom. The highest BCUT2D eigenvalue weighted by Gasteiger charge is 2.54. The molecule has 1 aromatic heterocycles. The molecule has 1 aliphatic carbocycles. The van der Waals surface area contributed by atoms with Gasteiger partial charge in [0.2, 0.25) is 0 Å². The standard InChI is InChI=1S/C69H46N2O2/c1-5-17-47(18-6-1)50-29-35-54(36-30-50)70(53-23-11-4-12-24-53)57-42-44-65-61(45-57)67-68(73-65)69(62-27-15-13-25-59(62)60-26-14-16-28-63(60)69)64-43-41-58(46-66(64)72-67)71(55-37-31-51(32-38-55)48-19-7-2-8-20-48)56-39-33-52(34-40-56)49-21-9-3-10-22-49/h1-46H. The first-order chi connectivity index (χ1) is 36.2. The molecule has 4 heteroatoms. The number of hydrogen-bond donors (Lipinski definition) is 0. The summed E-state index contributed by atoms with van der Waals surface area (Å²) in [6.45, 7) is 0. The van der Waals surface area contributed by atoms with Crippen LogP contribution in [0.2, 0.25) is 0 Å². The van der Waals surface area contributed by atoms with Crippen molar-refractivity contribution in [2.75, 3.05) is 9.80 Å². The van der Waals surface area contributed by atoms with Gasteiger partial charge in [-0.25, -0.2) is 0 Å². The van der Waals surface area contributed by atoms with Gasteiger partial charge >= 0.3 is 0 Å². The minimum absolute atomic E-state index is 0.714. The Morgan fingerprint density at radius 2 is 0.658 bits per heavy atom. The largest absolute Gasteiger partial charge is 0.455 e. The molecule has 73 heavy (non-hydrogen) atoms. The molecular formula is C69H46N2O2. The van der Waals surface area contributed by atoms with Crippen LogP contribution in [0.5, 0.6) is 11.5 Å². The molecule has 344 valence electrons. The van der Waals surface area contributed by atoms with Crippen molar-refractivity contribution in [3.8, 4) is 56.0 Å². The van der Waals surface area contributed by atoms with E-state index in [1.54, 1.807) is 0 Å². The van der Waals surface area contributed by atoms with Crippen LogP contribution in [0.25, 0.3) is 55.5 Å². The maximum absolute atomic E-state index is 7.44. The molecular weight excluding hydrogens is 889 g/mol. The number of nitrogens with zero attached hydrogens (tertiary/aromatic N) is 2. The Kier molecular flexibility index (Phi) is 10.0. The van der Waals surface area contributed by atoms with Crippen LogP contribution in [-0.2, 0) is 5.41 Å². The topological polar surface area (TPSA) is 28.9 Å². The van der Waals surface area contributed by atoms with Gasteiger partial charge in [0, 0.05) is 45.8 Å². The van der Waals surface area contributed by atoms with E-state index in [4.69, 9.17) is 9.15 Å². The van der Waals surface area contributed by atoms with Gasteiger partial charge in [0.1, 0.15) is 16.7 Å². The SMILES string of the molecule is c1ccc(-c2ccc(N(c3ccc(-c4ccccc4)cc3)c3ccc4c(c3)Oc3c(oc5ccc(N(c6ccccc6)c6ccc(-c7ccccc7)cc6)cc35)C43c4ccccc4-c4ccccc43)cc2)cc1. The zero-order valence-corrected chi connectivity index (χ0v) is 39.8. The molecule has 1 aliphatic heterocycles. The smallest absolute Gasteiger partial charge is 0.178 e. The fraction of sp³-hybridized carbons (Fsp3) is 0.0145. The lowest BCUT2D eigenvalue weighted by atomic mass is 9.69. The number of rotatable bonds is 9. The summed E-state index contributed by atoms with van der Waals surface area (Å²) in [7, 11) is 0. The second-order valence-electron chi connectivity index (χ2n) is 18.8. The van der Waals surface area contributed by atoms with Gasteiger partial charge in [-0.2, -0.15) is 0 Å². The average Bonchev–Trinajstić information content (AvgIpc) is 3.99. The lowest BCUT2D eigenvalue weighted by Crippen LogP contribution is -2.31. The minimum Gasteiger partial charge on any atom is -0.455 e. The maximum atomic E-state index is 7.44. The van der Waals surface area contributed by atoms with Gasteiger partial charge in [-0.1, -0.05) is 200 Å². The highest BCUT2D eigenvalue weighted by atomic mass is 16.5. The third-order valence-corrected chi connectivity index (χ3v) is 14.7. The van der Waals surface area contributed by atoms with Crippen molar-refractivity contribution in [2.24, 2.45) is 0 Å². The Hall–Kier alpha value is -9.64. The Bertz CT molecular complexity index is 3830. The fourth-order valence-corrected chi connectivity index (χ4v) is 11.4. The summed E-state index contributed by atoms with van der Waals surface area (Å²) in [6.07, 6.45) is 0. The first-order valence-corrected chi connectivity index (χ1v) is 24.9. The second-order valence-corrected chi connectivity index (χ2v) is 18.8. The minimum atomic E-state index is -0.806. The van der Waals surface area contributed by atoms with Crippen LogP contribution < -0.4 is 14.5 Å². The number of fused-ring (bicyclic) bond motifs is 11. The Balaban J connectivity index is 0.955. The number of furan rings is 1. The number of hydrogen-bond acceptors (Lipinski definition) is 4. The summed E-state index contributed by atoms with van der Waals surface area (Å²) in [5.74, 6) is 2.26. The number of benzene rings is 11. The molecule has 1 spiro atoms. The molecule has 0 amide bonds. The lowest BCUT2D eigenvalue weighted by molar-refractivity contribution is 0.389. The summed E-state index contributed by atoms with van der Waals surface area (Å²) in [6, 6.07) is 99.6. The van der Waals surface area contributed by atoms with Crippen LogP contribution in [0.4, 0.5) is 34.1 Å². The van der Waals surface area contributed by atoms with Crippen LogP contribution >= 0.6 is 0 Å². The van der Waals surface area contributed by atoms with Gasteiger partial charge in [-0.3, -0.25) is 0 Å². The van der Waals surface area contributed by atoms with Crippen LogP contribution in [0.1, 0.15) is 22.5 Å². The first kappa shape index (κ1) is 42.3. The summed E-state index contributed by atoms with van der Waals surface area (Å²) in [4.78, 5) is 4.64. The van der Waals surface area contributed by atoms with Gasteiger partial charge in [-0.05, 0) is 128 Å². The average molecular weight is 935 g/mol. The molecule has 0 N–H and O–H groups in total. The van der Waals surface area contributed by atoms with Crippen LogP contribution in [0.15, 0.2) is 283 Å². The van der Waals surface area contributed by atoms with E-state index in [2.05, 4.69) is 289 Å². The zero-order valence-electron chi connectivity index (χ0n) is 39.8. The quantitative estimate of drug-likeness (QED) is 0.144. The maximum Gasteiger partial charge on any atom is 0.178 e. The molecule has 11 aromatic carbocycles. The lowest BCUT2D eigenvalue weighted by Gasteiger charge is -2.37. The number of para-hydroxylation sites is 1. The number of anilines is 6. The van der Waals surface area contributed by atoms with E-state index < -0.39 is 5.41 Å². The van der Waals surface area contributed by atoms with Crippen molar-refractivity contribution in [1.82, 2.24) is 0 Å². The monoisotopic (exact) mass is 934 g/mol. The molecule has 2 heterocycles. The van der Waals surface area contributed by atoms with E-state index in [9.17, 15) is 0 Å². The molecule has 0 saturated carbocycles. The third-order valence-electron chi connectivity index (χ3n) is 14.7. The van der Waals surface area contributed by atoms with Crippen molar-refractivity contribution in [3.05, 3.63) is 302 Å². The Morgan fingerprint density at radius 1 is 0.288 bits per heavy atom. The molecule has 2 aliphatic rings. The third kappa shape index (κ3) is 6.98. The van der Waals surface area contributed by atoms with Crippen molar-refractivity contribution < 1.29 is 9.15 Å². The van der Waals surface area contributed by atoms with E-state index in [0.717, 1.165) is 78.9 Å². The highest BCUT2D eigenvalue weighted by Crippen LogP contribution is 2.64. The molecule has 12 aromatic rings. The van der Waals surface area contributed by atoms with Gasteiger partial charge in [0.15, 0.2) is 11.5 Å². The summed E-state index contributed by atoms with van der Waals surface area (Å²) >= 11 is 0. The molecule has 14 rings (SSSR count). The summed E-state index contributed by atoms with van der Waals surface area (Å²) in [5.41, 5.74) is 18.8. The van der Waals surface area contributed by atoms with E-state index >= 15 is 0 Å². The van der Waals surface area contributed by atoms with E-state index in [1.165, 1.54) is 38.9 Å². The molecule has 4 nitrogen and oxygen atoms in total. The highest BCUT2D eigenvalue weighted by molar-refractivity contribution is 5.97. The Labute approximate surface area is 424 Å². The van der Waals surface area contributed by atoms with E-state index in [1.807, 2.05) is 0 Å². The van der Waals surface area contributed by atoms with Gasteiger partial charge < -0.3 is 19.0 Å². The van der Waals surface area contributed by atoms with Gasteiger partial charge in [-0.15, -0.1) is 0 Å². The van der Waals surface area contributed by atoms with Crippen LogP contribution in [-0.4, -0.2) is 0 Å². The van der Waals surface area contributed by atoms with Crippen LogP contribution in [0, 0.1) is 0 Å².